The second-order valence-electron chi connectivity index (χ2n) is 3.90. The minimum atomic E-state index is 0.912. The third kappa shape index (κ3) is 1.66. The lowest BCUT2D eigenvalue weighted by atomic mass is 10.0. The van der Waals surface area contributed by atoms with Crippen molar-refractivity contribution in [3.63, 3.8) is 0 Å². The second-order valence-corrected chi connectivity index (χ2v) is 3.90. The van der Waals surface area contributed by atoms with E-state index in [1.807, 2.05) is 0 Å². The molecule has 0 atom stereocenters. The molecule has 0 saturated heterocycles. The molecule has 2 aromatic heterocycles. The molecule has 0 spiro atoms. The highest BCUT2D eigenvalue weighted by Crippen LogP contribution is 2.15. The first-order valence-corrected chi connectivity index (χ1v) is 5.51. The van der Waals surface area contributed by atoms with Crippen LogP contribution in [0.5, 0.6) is 0 Å². The number of aryl methyl sites for hydroxylation is 4. The van der Waals surface area contributed by atoms with Gasteiger partial charge in [-0.2, -0.15) is 0 Å². The summed E-state index contributed by atoms with van der Waals surface area (Å²) in [7, 11) is 0. The highest BCUT2D eigenvalue weighted by molar-refractivity contribution is 5.20. The number of hydrogen-bond acceptors (Lipinski definition) is 4. The van der Waals surface area contributed by atoms with Crippen LogP contribution in [0.1, 0.15) is 22.8 Å². The Labute approximate surface area is 93.8 Å². The van der Waals surface area contributed by atoms with Gasteiger partial charge in [0.1, 0.15) is 0 Å². The zero-order valence-electron chi connectivity index (χ0n) is 8.93. The molecule has 4 heteroatoms. The Hall–Kier alpha value is -1.84. The largest absolute Gasteiger partial charge is 0.258 e. The number of hydrogen-bond donors (Lipinski definition) is 0. The van der Waals surface area contributed by atoms with Crippen LogP contribution in [0.4, 0.5) is 0 Å². The molecule has 0 bridgehead atoms. The topological polar surface area (TPSA) is 51.6 Å². The van der Waals surface area contributed by atoms with E-state index in [1.54, 1.807) is 24.8 Å². The zero-order chi connectivity index (χ0) is 10.8. The van der Waals surface area contributed by atoms with Crippen LogP contribution in [0.15, 0.2) is 24.8 Å². The Morgan fingerprint density at radius 3 is 1.00 bits per heavy atom. The summed E-state index contributed by atoms with van der Waals surface area (Å²) in [6, 6.07) is 0. The molecule has 0 unspecified atom stereocenters. The summed E-state index contributed by atoms with van der Waals surface area (Å²) in [4.78, 5) is 17.5. The molecular formula is C12H12N4. The van der Waals surface area contributed by atoms with E-state index in [0.29, 0.717) is 0 Å². The van der Waals surface area contributed by atoms with Crippen molar-refractivity contribution in [1.82, 2.24) is 19.9 Å². The smallest absolute Gasteiger partial charge is 0.0622 e. The van der Waals surface area contributed by atoms with Gasteiger partial charge in [-0.25, -0.2) is 0 Å². The minimum Gasteiger partial charge on any atom is -0.258 e. The van der Waals surface area contributed by atoms with Gasteiger partial charge in [-0.05, 0) is 25.7 Å². The van der Waals surface area contributed by atoms with Crippen molar-refractivity contribution in [2.45, 2.75) is 25.7 Å². The van der Waals surface area contributed by atoms with Crippen LogP contribution >= 0.6 is 0 Å². The molecule has 16 heavy (non-hydrogen) atoms. The predicted octanol–water partition coefficient (Wildman–Crippen LogP) is 1.15. The fourth-order valence-electron chi connectivity index (χ4n) is 2.10. The molecular weight excluding hydrogens is 200 g/mol. The standard InChI is InChI=1S/C12H12N4/c1-2-10-12(16-8-7-14-10)4-3-11-9(1)13-5-6-15-11/h5-8H,1-4H2. The fraction of sp³-hybridized carbons (Fsp3) is 0.333. The normalized spacial score (nSPS) is 14.5. The van der Waals surface area contributed by atoms with E-state index in [-0.39, 0.29) is 0 Å². The first-order valence-electron chi connectivity index (χ1n) is 5.51. The molecule has 80 valence electrons. The van der Waals surface area contributed by atoms with E-state index >= 15 is 0 Å². The van der Waals surface area contributed by atoms with E-state index < -0.39 is 0 Å². The van der Waals surface area contributed by atoms with Crippen molar-refractivity contribution in [3.05, 3.63) is 47.6 Å². The van der Waals surface area contributed by atoms with Gasteiger partial charge in [0.2, 0.25) is 0 Å². The van der Waals surface area contributed by atoms with Crippen molar-refractivity contribution in [2.75, 3.05) is 0 Å². The maximum absolute atomic E-state index is 4.38. The molecule has 0 radical (unpaired) electrons. The van der Waals surface area contributed by atoms with Gasteiger partial charge in [0.05, 0.1) is 22.8 Å². The van der Waals surface area contributed by atoms with Crippen LogP contribution in [0, 0.1) is 0 Å². The molecule has 0 N–H and O–H groups in total. The van der Waals surface area contributed by atoms with Gasteiger partial charge in [0.25, 0.3) is 0 Å². The van der Waals surface area contributed by atoms with Crippen molar-refractivity contribution in [1.29, 1.82) is 0 Å². The first-order chi connectivity index (χ1) is 7.93. The Morgan fingerprint density at radius 1 is 0.500 bits per heavy atom. The monoisotopic (exact) mass is 212 g/mol. The van der Waals surface area contributed by atoms with Gasteiger partial charge >= 0.3 is 0 Å². The molecule has 0 saturated carbocycles. The Kier molecular flexibility index (Phi) is 2.33. The molecule has 3 rings (SSSR count). The van der Waals surface area contributed by atoms with Crippen molar-refractivity contribution in [2.24, 2.45) is 0 Å². The molecule has 4 nitrogen and oxygen atoms in total. The lowest BCUT2D eigenvalue weighted by molar-refractivity contribution is 0.742. The maximum Gasteiger partial charge on any atom is 0.0622 e. The third-order valence-corrected chi connectivity index (χ3v) is 2.92. The Morgan fingerprint density at radius 2 is 0.750 bits per heavy atom. The summed E-state index contributed by atoms with van der Waals surface area (Å²) >= 11 is 0. The van der Waals surface area contributed by atoms with Gasteiger partial charge < -0.3 is 0 Å². The molecule has 2 aromatic rings. The highest BCUT2D eigenvalue weighted by atomic mass is 14.8. The van der Waals surface area contributed by atoms with E-state index in [0.717, 1.165) is 48.5 Å². The average molecular weight is 212 g/mol. The Bertz CT molecular complexity index is 416. The lowest BCUT2D eigenvalue weighted by Crippen LogP contribution is -2.12. The van der Waals surface area contributed by atoms with Crippen LogP contribution in [0.3, 0.4) is 0 Å². The summed E-state index contributed by atoms with van der Waals surface area (Å²) in [6.07, 6.45) is 10.7. The second kappa shape index (κ2) is 3.96. The molecule has 2 heterocycles. The molecule has 0 fully saturated rings. The molecule has 1 aliphatic carbocycles. The lowest BCUT2D eigenvalue weighted by Gasteiger charge is -2.13. The summed E-state index contributed by atoms with van der Waals surface area (Å²) in [6.45, 7) is 0. The summed E-state index contributed by atoms with van der Waals surface area (Å²) in [5.41, 5.74) is 4.44. The molecule has 1 aliphatic rings. The van der Waals surface area contributed by atoms with Crippen LogP contribution in [0.2, 0.25) is 0 Å². The number of nitrogens with zero attached hydrogens (tertiary/aromatic N) is 4. The van der Waals surface area contributed by atoms with Gasteiger partial charge in [-0.1, -0.05) is 0 Å². The maximum atomic E-state index is 4.38. The van der Waals surface area contributed by atoms with Crippen molar-refractivity contribution in [3.8, 4) is 0 Å². The highest BCUT2D eigenvalue weighted by Gasteiger charge is 2.13. The van der Waals surface area contributed by atoms with Gasteiger partial charge in [0.15, 0.2) is 0 Å². The molecule has 0 aliphatic heterocycles. The van der Waals surface area contributed by atoms with Gasteiger partial charge in [0, 0.05) is 24.8 Å². The zero-order valence-corrected chi connectivity index (χ0v) is 8.93. The van der Waals surface area contributed by atoms with E-state index in [9.17, 15) is 0 Å². The number of aromatic nitrogens is 4. The van der Waals surface area contributed by atoms with E-state index in [2.05, 4.69) is 19.9 Å². The van der Waals surface area contributed by atoms with E-state index in [4.69, 9.17) is 0 Å². The first kappa shape index (κ1) is 9.39. The van der Waals surface area contributed by atoms with Crippen molar-refractivity contribution < 1.29 is 0 Å². The van der Waals surface area contributed by atoms with Crippen LogP contribution in [-0.4, -0.2) is 19.9 Å². The van der Waals surface area contributed by atoms with Crippen molar-refractivity contribution >= 4 is 0 Å². The molecule has 0 aromatic carbocycles. The Balaban J connectivity index is 1.97. The summed E-state index contributed by atoms with van der Waals surface area (Å²) in [5.74, 6) is 0. The van der Waals surface area contributed by atoms with Crippen LogP contribution < -0.4 is 0 Å². The predicted molar refractivity (Wildman–Crippen MR) is 58.9 cm³/mol. The van der Waals surface area contributed by atoms with Gasteiger partial charge in [-0.3, -0.25) is 19.9 Å². The van der Waals surface area contributed by atoms with E-state index in [1.165, 1.54) is 0 Å². The third-order valence-electron chi connectivity index (χ3n) is 2.92. The summed E-state index contributed by atoms with van der Waals surface area (Å²) < 4.78 is 0. The van der Waals surface area contributed by atoms with Crippen LogP contribution in [-0.2, 0) is 25.7 Å². The average Bonchev–Trinajstić information content (AvgIpc) is 2.32. The SMILES string of the molecule is c1cnc2c(n1)CCc1nccnc1CC2. The summed E-state index contributed by atoms with van der Waals surface area (Å²) in [5, 5.41) is 0. The minimum absolute atomic E-state index is 0.912. The molecule has 0 amide bonds. The van der Waals surface area contributed by atoms with Crippen LogP contribution in [0.25, 0.3) is 0 Å². The quantitative estimate of drug-likeness (QED) is 0.657. The number of rotatable bonds is 0. The van der Waals surface area contributed by atoms with Gasteiger partial charge in [-0.15, -0.1) is 0 Å². The number of fused-ring (bicyclic) bond motifs is 2. The fourth-order valence-corrected chi connectivity index (χ4v) is 2.10.